The van der Waals surface area contributed by atoms with Gasteiger partial charge in [0.25, 0.3) is 0 Å². The standard InChI is InChI=1S/C16H14F3N7O/c1-10-22-23-15-14(21-4-5-25(10)15)24-6-7-26(13(27)9-24)11-2-3-20-12(8-11)16(17,18)19/h2-5,8H,6-7,9H2,1H3. The van der Waals surface area contributed by atoms with Crippen molar-refractivity contribution < 1.29 is 18.0 Å². The van der Waals surface area contributed by atoms with Gasteiger partial charge in [-0.2, -0.15) is 13.2 Å². The van der Waals surface area contributed by atoms with E-state index in [1.807, 2.05) is 0 Å². The molecule has 0 atom stereocenters. The average Bonchev–Trinajstić information content (AvgIpc) is 3.02. The number of halogens is 3. The third-order valence-electron chi connectivity index (χ3n) is 4.34. The Labute approximate surface area is 151 Å². The monoisotopic (exact) mass is 377 g/mol. The molecular formula is C16H14F3N7O. The molecule has 3 aromatic heterocycles. The molecule has 4 rings (SSSR count). The van der Waals surface area contributed by atoms with Crippen molar-refractivity contribution in [1.82, 2.24) is 24.6 Å². The molecule has 4 heterocycles. The minimum absolute atomic E-state index is 0.0255. The number of carbonyl (C=O) groups is 1. The molecule has 0 spiro atoms. The summed E-state index contributed by atoms with van der Waals surface area (Å²) >= 11 is 0. The first kappa shape index (κ1) is 17.2. The number of nitrogens with zero attached hydrogens (tertiary/aromatic N) is 7. The van der Waals surface area contributed by atoms with Crippen molar-refractivity contribution in [3.05, 3.63) is 42.2 Å². The van der Waals surface area contributed by atoms with Crippen molar-refractivity contribution >= 4 is 23.1 Å². The van der Waals surface area contributed by atoms with E-state index in [0.29, 0.717) is 23.8 Å². The van der Waals surface area contributed by atoms with Gasteiger partial charge in [0, 0.05) is 37.4 Å². The summed E-state index contributed by atoms with van der Waals surface area (Å²) in [6, 6.07) is 2.28. The maximum absolute atomic E-state index is 12.9. The lowest BCUT2D eigenvalue weighted by Crippen LogP contribution is -2.51. The first-order chi connectivity index (χ1) is 12.8. The van der Waals surface area contributed by atoms with Crippen LogP contribution in [-0.2, 0) is 11.0 Å². The number of rotatable bonds is 2. The Kier molecular flexibility index (Phi) is 3.93. The number of fused-ring (bicyclic) bond motifs is 1. The number of hydrogen-bond donors (Lipinski definition) is 0. The lowest BCUT2D eigenvalue weighted by molar-refractivity contribution is -0.141. The van der Waals surface area contributed by atoms with Crippen molar-refractivity contribution in [1.29, 1.82) is 0 Å². The molecule has 3 aromatic rings. The average molecular weight is 377 g/mol. The molecule has 1 aliphatic heterocycles. The molecule has 0 bridgehead atoms. The Morgan fingerprint density at radius 3 is 2.67 bits per heavy atom. The van der Waals surface area contributed by atoms with E-state index in [0.717, 1.165) is 12.3 Å². The normalized spacial score (nSPS) is 15.6. The van der Waals surface area contributed by atoms with Crippen LogP contribution in [-0.4, -0.2) is 50.1 Å². The van der Waals surface area contributed by atoms with Crippen LogP contribution < -0.4 is 9.80 Å². The van der Waals surface area contributed by atoms with Crippen LogP contribution in [0, 0.1) is 6.92 Å². The van der Waals surface area contributed by atoms with Crippen LogP contribution in [0.25, 0.3) is 5.65 Å². The van der Waals surface area contributed by atoms with Crippen LogP contribution in [0.2, 0.25) is 0 Å². The summed E-state index contributed by atoms with van der Waals surface area (Å²) in [6.45, 7) is 2.39. The largest absolute Gasteiger partial charge is 0.433 e. The van der Waals surface area contributed by atoms with Crippen LogP contribution in [0.1, 0.15) is 11.5 Å². The molecule has 1 amide bonds. The highest BCUT2D eigenvalue weighted by molar-refractivity contribution is 5.98. The smallest absolute Gasteiger partial charge is 0.342 e. The summed E-state index contributed by atoms with van der Waals surface area (Å²) < 4.78 is 40.4. The second-order valence-electron chi connectivity index (χ2n) is 6.06. The third kappa shape index (κ3) is 3.04. The summed E-state index contributed by atoms with van der Waals surface area (Å²) in [5, 5.41) is 8.09. The zero-order chi connectivity index (χ0) is 19.2. The molecule has 1 aliphatic rings. The van der Waals surface area contributed by atoms with Crippen molar-refractivity contribution in [3.63, 3.8) is 0 Å². The lowest BCUT2D eigenvalue weighted by atomic mass is 10.2. The van der Waals surface area contributed by atoms with Crippen molar-refractivity contribution in [2.45, 2.75) is 13.1 Å². The van der Waals surface area contributed by atoms with Gasteiger partial charge in [0.15, 0.2) is 5.82 Å². The van der Waals surface area contributed by atoms with E-state index in [2.05, 4.69) is 20.2 Å². The maximum atomic E-state index is 12.9. The minimum Gasteiger partial charge on any atom is -0.342 e. The van der Waals surface area contributed by atoms with Gasteiger partial charge in [0.1, 0.15) is 11.5 Å². The maximum Gasteiger partial charge on any atom is 0.433 e. The van der Waals surface area contributed by atoms with Gasteiger partial charge in [0.05, 0.1) is 6.54 Å². The van der Waals surface area contributed by atoms with Gasteiger partial charge >= 0.3 is 6.18 Å². The Balaban J connectivity index is 1.59. The fourth-order valence-electron chi connectivity index (χ4n) is 3.02. The number of amides is 1. The van der Waals surface area contributed by atoms with E-state index in [1.165, 1.54) is 11.0 Å². The summed E-state index contributed by atoms with van der Waals surface area (Å²) in [4.78, 5) is 23.3. The number of hydrogen-bond acceptors (Lipinski definition) is 6. The SMILES string of the molecule is Cc1nnc2c(N3CCN(c4ccnc(C(F)(F)F)c4)C(=O)C3)nccn12. The molecule has 1 saturated heterocycles. The molecule has 0 aromatic carbocycles. The lowest BCUT2D eigenvalue weighted by Gasteiger charge is -2.35. The van der Waals surface area contributed by atoms with E-state index in [4.69, 9.17) is 0 Å². The minimum atomic E-state index is -4.56. The first-order valence-corrected chi connectivity index (χ1v) is 8.09. The summed E-state index contributed by atoms with van der Waals surface area (Å²) in [5.74, 6) is 0.868. The number of piperazine rings is 1. The van der Waals surface area contributed by atoms with Crippen LogP contribution in [0.4, 0.5) is 24.7 Å². The fourth-order valence-corrected chi connectivity index (χ4v) is 3.02. The van der Waals surface area contributed by atoms with E-state index < -0.39 is 11.9 Å². The number of anilines is 2. The van der Waals surface area contributed by atoms with Gasteiger partial charge in [-0.15, -0.1) is 10.2 Å². The third-order valence-corrected chi connectivity index (χ3v) is 4.34. The molecule has 1 fully saturated rings. The van der Waals surface area contributed by atoms with E-state index in [1.54, 1.807) is 28.6 Å². The highest BCUT2D eigenvalue weighted by atomic mass is 19.4. The van der Waals surface area contributed by atoms with Crippen LogP contribution in [0.3, 0.4) is 0 Å². The van der Waals surface area contributed by atoms with Gasteiger partial charge in [-0.1, -0.05) is 0 Å². The Morgan fingerprint density at radius 1 is 1.11 bits per heavy atom. The van der Waals surface area contributed by atoms with E-state index in [9.17, 15) is 18.0 Å². The van der Waals surface area contributed by atoms with Gasteiger partial charge < -0.3 is 9.80 Å². The Morgan fingerprint density at radius 2 is 1.93 bits per heavy atom. The predicted molar refractivity (Wildman–Crippen MR) is 89.3 cm³/mol. The van der Waals surface area contributed by atoms with Crippen molar-refractivity contribution in [3.8, 4) is 0 Å². The number of aryl methyl sites for hydroxylation is 1. The molecule has 8 nitrogen and oxygen atoms in total. The zero-order valence-corrected chi connectivity index (χ0v) is 14.2. The van der Waals surface area contributed by atoms with E-state index in [-0.39, 0.29) is 24.7 Å². The Bertz CT molecular complexity index is 1020. The highest BCUT2D eigenvalue weighted by Gasteiger charge is 2.34. The second-order valence-corrected chi connectivity index (χ2v) is 6.06. The zero-order valence-electron chi connectivity index (χ0n) is 14.2. The van der Waals surface area contributed by atoms with Gasteiger partial charge in [0.2, 0.25) is 11.6 Å². The topological polar surface area (TPSA) is 79.5 Å². The molecular weight excluding hydrogens is 363 g/mol. The van der Waals surface area contributed by atoms with Gasteiger partial charge in [-0.3, -0.25) is 14.2 Å². The molecule has 27 heavy (non-hydrogen) atoms. The number of alkyl halides is 3. The predicted octanol–water partition coefficient (Wildman–Crippen LogP) is 1.70. The van der Waals surface area contributed by atoms with Crippen LogP contribution in [0.5, 0.6) is 0 Å². The van der Waals surface area contributed by atoms with Crippen LogP contribution >= 0.6 is 0 Å². The molecule has 11 heteroatoms. The molecule has 0 aliphatic carbocycles. The number of aromatic nitrogens is 5. The van der Waals surface area contributed by atoms with E-state index >= 15 is 0 Å². The summed E-state index contributed by atoms with van der Waals surface area (Å²) in [5.41, 5.74) is -0.327. The van der Waals surface area contributed by atoms with Crippen LogP contribution in [0.15, 0.2) is 30.7 Å². The number of pyridine rings is 1. The quantitative estimate of drug-likeness (QED) is 0.676. The Hall–Kier alpha value is -3.24. The first-order valence-electron chi connectivity index (χ1n) is 8.09. The second kappa shape index (κ2) is 6.18. The highest BCUT2D eigenvalue weighted by Crippen LogP contribution is 2.30. The van der Waals surface area contributed by atoms with Gasteiger partial charge in [-0.25, -0.2) is 4.98 Å². The fraction of sp³-hybridized carbons (Fsp3) is 0.312. The summed E-state index contributed by atoms with van der Waals surface area (Å²) in [7, 11) is 0. The van der Waals surface area contributed by atoms with Gasteiger partial charge in [-0.05, 0) is 19.1 Å². The molecule has 140 valence electrons. The number of carbonyl (C=O) groups excluding carboxylic acids is 1. The molecule has 0 radical (unpaired) electrons. The van der Waals surface area contributed by atoms with Crippen molar-refractivity contribution in [2.75, 3.05) is 29.4 Å². The van der Waals surface area contributed by atoms with Crippen molar-refractivity contribution in [2.24, 2.45) is 0 Å². The molecule has 0 unspecified atom stereocenters. The molecule has 0 saturated carbocycles. The summed E-state index contributed by atoms with van der Waals surface area (Å²) in [6.07, 6.45) is -0.194. The molecule has 0 N–H and O–H groups in total.